The molecule has 0 spiro atoms. The monoisotopic (exact) mass is 465 g/mol. The predicted molar refractivity (Wildman–Crippen MR) is 123 cm³/mol. The number of hydrogen-bond donors (Lipinski definition) is 1. The van der Waals surface area contributed by atoms with Crippen molar-refractivity contribution in [2.45, 2.75) is 87.1 Å². The lowest BCUT2D eigenvalue weighted by Crippen LogP contribution is -2.61. The Morgan fingerprint density at radius 3 is 2.59 bits per heavy atom. The van der Waals surface area contributed by atoms with E-state index < -0.39 is 6.04 Å². The van der Waals surface area contributed by atoms with Crippen LogP contribution < -0.4 is 5.73 Å². The van der Waals surface area contributed by atoms with Gasteiger partial charge in [0.1, 0.15) is 11.9 Å². The number of hydrogen-bond acceptors (Lipinski definition) is 5. The zero-order valence-corrected chi connectivity index (χ0v) is 19.4. The van der Waals surface area contributed by atoms with E-state index in [9.17, 15) is 19.2 Å². The van der Waals surface area contributed by atoms with Crippen LogP contribution in [0.25, 0.3) is 0 Å². The summed E-state index contributed by atoms with van der Waals surface area (Å²) in [5, 5.41) is 9.43. The lowest BCUT2D eigenvalue weighted by Gasteiger charge is -2.50. The molecule has 3 aliphatic heterocycles. The van der Waals surface area contributed by atoms with Crippen molar-refractivity contribution in [1.29, 1.82) is 5.26 Å². The van der Waals surface area contributed by atoms with Crippen LogP contribution in [-0.4, -0.2) is 69.8 Å². The fourth-order valence-corrected chi connectivity index (χ4v) is 7.40. The molecule has 1 aromatic rings. The van der Waals surface area contributed by atoms with Gasteiger partial charge in [-0.2, -0.15) is 5.26 Å². The zero-order chi connectivity index (χ0) is 23.6. The third-order valence-corrected chi connectivity index (χ3v) is 9.05. The van der Waals surface area contributed by atoms with Crippen LogP contribution in [-0.2, 0) is 15.1 Å². The summed E-state index contributed by atoms with van der Waals surface area (Å²) in [5.41, 5.74) is 7.02. The van der Waals surface area contributed by atoms with Gasteiger partial charge in [0, 0.05) is 25.2 Å². The first-order valence-corrected chi connectivity index (χ1v) is 12.7. The zero-order valence-electron chi connectivity index (χ0n) is 19.4. The Morgan fingerprint density at radius 1 is 1.18 bits per heavy atom. The molecule has 5 fully saturated rings. The van der Waals surface area contributed by atoms with E-state index in [4.69, 9.17) is 5.73 Å². The third kappa shape index (κ3) is 3.28. The van der Waals surface area contributed by atoms with Gasteiger partial charge in [-0.25, -0.2) is 4.39 Å². The van der Waals surface area contributed by atoms with E-state index in [1.165, 1.54) is 12.1 Å². The Hall–Kier alpha value is -2.50. The van der Waals surface area contributed by atoms with Gasteiger partial charge < -0.3 is 15.5 Å². The summed E-state index contributed by atoms with van der Waals surface area (Å²) in [4.78, 5) is 32.7. The molecule has 1 aromatic carbocycles. The molecule has 34 heavy (non-hydrogen) atoms. The number of piperazine rings is 1. The number of benzene rings is 1. The lowest BCUT2D eigenvalue weighted by atomic mass is 9.74. The van der Waals surface area contributed by atoms with Crippen molar-refractivity contribution in [3.8, 4) is 6.07 Å². The summed E-state index contributed by atoms with van der Waals surface area (Å²) in [6.45, 7) is 1.04. The van der Waals surface area contributed by atoms with Gasteiger partial charge in [0.05, 0.1) is 23.7 Å². The molecule has 0 radical (unpaired) electrons. The number of nitriles is 1. The van der Waals surface area contributed by atoms with Gasteiger partial charge >= 0.3 is 0 Å². The maximum Gasteiger partial charge on any atom is 0.242 e. The molecule has 2 N–H and O–H groups in total. The predicted octanol–water partition coefficient (Wildman–Crippen LogP) is 2.11. The highest BCUT2D eigenvalue weighted by atomic mass is 19.1. The minimum Gasteiger partial charge on any atom is -0.327 e. The van der Waals surface area contributed by atoms with Crippen molar-refractivity contribution >= 4 is 11.8 Å². The Morgan fingerprint density at radius 2 is 1.91 bits per heavy atom. The number of amides is 2. The Kier molecular flexibility index (Phi) is 5.19. The number of carbonyl (C=O) groups excluding carboxylic acids is 2. The minimum atomic E-state index is -0.725. The lowest BCUT2D eigenvalue weighted by molar-refractivity contribution is -0.147. The molecular weight excluding hydrogens is 433 g/mol. The van der Waals surface area contributed by atoms with Crippen LogP contribution in [0.5, 0.6) is 0 Å². The van der Waals surface area contributed by atoms with Crippen LogP contribution in [0.1, 0.15) is 56.9 Å². The fraction of sp³-hybridized carbons (Fsp3) is 0.654. The standard InChI is InChI=1S/C26H32FN5O2/c27-18-6-4-17(5-7-18)26(8-2-1-3-9-26)32-20-12-23(25(32)34)30(14-20)15-21(29)24(33)31-19(13-28)10-16-11-22(16)31/h4-7,16,19-23H,1-3,8-12,14-15,29H2/t16?,19-,20-,21-,22-,23-/m0/s1. The highest BCUT2D eigenvalue weighted by molar-refractivity contribution is 5.87. The molecule has 6 rings (SSSR count). The Bertz CT molecular complexity index is 1030. The Balaban J connectivity index is 1.18. The number of halogens is 1. The second kappa shape index (κ2) is 8.03. The molecule has 2 saturated carbocycles. The topological polar surface area (TPSA) is 93.7 Å². The molecule has 6 atom stereocenters. The number of fused-ring (bicyclic) bond motifs is 3. The average Bonchev–Trinajstić information content (AvgIpc) is 3.17. The van der Waals surface area contributed by atoms with E-state index in [1.54, 1.807) is 4.90 Å². The number of rotatable bonds is 5. The highest BCUT2D eigenvalue weighted by Crippen LogP contribution is 2.49. The maximum absolute atomic E-state index is 13.7. The van der Waals surface area contributed by atoms with Crippen molar-refractivity contribution in [1.82, 2.24) is 14.7 Å². The molecule has 3 saturated heterocycles. The first-order valence-electron chi connectivity index (χ1n) is 12.7. The Labute approximate surface area is 199 Å². The molecule has 7 nitrogen and oxygen atoms in total. The van der Waals surface area contributed by atoms with Crippen molar-refractivity contribution in [2.24, 2.45) is 11.7 Å². The number of carbonyl (C=O) groups is 2. The molecule has 2 bridgehead atoms. The van der Waals surface area contributed by atoms with E-state index in [0.29, 0.717) is 19.0 Å². The van der Waals surface area contributed by atoms with Crippen molar-refractivity contribution < 1.29 is 14.0 Å². The first-order chi connectivity index (χ1) is 16.4. The molecule has 8 heteroatoms. The van der Waals surface area contributed by atoms with Crippen LogP contribution in [0.2, 0.25) is 0 Å². The fourth-order valence-electron chi connectivity index (χ4n) is 7.40. The normalized spacial score (nSPS) is 34.7. The van der Waals surface area contributed by atoms with Crippen molar-refractivity contribution in [3.05, 3.63) is 35.6 Å². The van der Waals surface area contributed by atoms with Crippen LogP contribution in [0.15, 0.2) is 24.3 Å². The van der Waals surface area contributed by atoms with E-state index in [0.717, 1.165) is 56.9 Å². The number of likely N-dealkylation sites (tertiary alicyclic amines) is 3. The van der Waals surface area contributed by atoms with Crippen LogP contribution >= 0.6 is 0 Å². The largest absolute Gasteiger partial charge is 0.327 e. The van der Waals surface area contributed by atoms with Crippen molar-refractivity contribution in [2.75, 3.05) is 13.1 Å². The third-order valence-electron chi connectivity index (χ3n) is 9.05. The molecular formula is C26H32FN5O2. The van der Waals surface area contributed by atoms with Crippen LogP contribution in [0, 0.1) is 23.1 Å². The maximum atomic E-state index is 13.7. The van der Waals surface area contributed by atoms with Crippen molar-refractivity contribution in [3.63, 3.8) is 0 Å². The van der Waals surface area contributed by atoms with Gasteiger partial charge in [-0.3, -0.25) is 14.5 Å². The summed E-state index contributed by atoms with van der Waals surface area (Å²) in [5.74, 6) is 0.152. The van der Waals surface area contributed by atoms with E-state index in [1.807, 2.05) is 12.1 Å². The summed E-state index contributed by atoms with van der Waals surface area (Å²) in [6, 6.07) is 7.85. The van der Waals surface area contributed by atoms with Crippen LogP contribution in [0.3, 0.4) is 0 Å². The molecule has 1 unspecified atom stereocenters. The minimum absolute atomic E-state index is 0.0782. The number of nitrogens with two attached hydrogens (primary N) is 1. The van der Waals surface area contributed by atoms with E-state index in [2.05, 4.69) is 15.9 Å². The van der Waals surface area contributed by atoms with Gasteiger partial charge in [-0.15, -0.1) is 0 Å². The highest BCUT2D eigenvalue weighted by Gasteiger charge is 2.58. The average molecular weight is 466 g/mol. The summed E-state index contributed by atoms with van der Waals surface area (Å²) < 4.78 is 13.7. The molecule has 5 aliphatic rings. The molecule has 2 amide bonds. The molecule has 0 aromatic heterocycles. The number of piperidine rings is 1. The van der Waals surface area contributed by atoms with Gasteiger partial charge in [0.25, 0.3) is 0 Å². The molecule has 180 valence electrons. The SMILES string of the molecule is N#C[C@@H]1CC2C[C@@H]2N1C(=O)[C@@H](N)CN1C[C@@H]2C[C@H]1C(=O)N2C1(c2ccc(F)cc2)CCCCC1. The summed E-state index contributed by atoms with van der Waals surface area (Å²) in [7, 11) is 0. The quantitative estimate of drug-likeness (QED) is 0.719. The van der Waals surface area contributed by atoms with E-state index >= 15 is 0 Å². The van der Waals surface area contributed by atoms with Crippen LogP contribution in [0.4, 0.5) is 4.39 Å². The second-order valence-corrected chi connectivity index (χ2v) is 11.0. The van der Waals surface area contributed by atoms with Gasteiger partial charge in [0.15, 0.2) is 0 Å². The number of nitrogens with zero attached hydrogens (tertiary/aromatic N) is 4. The van der Waals surface area contributed by atoms with E-state index in [-0.39, 0.29) is 47.3 Å². The van der Waals surface area contributed by atoms with Gasteiger partial charge in [0.2, 0.25) is 11.8 Å². The van der Waals surface area contributed by atoms with Gasteiger partial charge in [-0.05, 0) is 55.7 Å². The summed E-state index contributed by atoms with van der Waals surface area (Å²) in [6.07, 6.45) is 7.55. The molecule has 2 aliphatic carbocycles. The molecule has 3 heterocycles. The van der Waals surface area contributed by atoms with Gasteiger partial charge in [-0.1, -0.05) is 31.4 Å². The summed E-state index contributed by atoms with van der Waals surface area (Å²) >= 11 is 0. The smallest absolute Gasteiger partial charge is 0.242 e. The first kappa shape index (κ1) is 22.0. The second-order valence-electron chi connectivity index (χ2n) is 11.0.